The van der Waals surface area contributed by atoms with Crippen LogP contribution in [0.3, 0.4) is 0 Å². The molecule has 0 spiro atoms. The van der Waals surface area contributed by atoms with Crippen molar-refractivity contribution in [3.63, 3.8) is 0 Å². The number of ether oxygens (including phenoxy) is 2. The van der Waals surface area contributed by atoms with Gasteiger partial charge in [-0.15, -0.1) is 0 Å². The molecule has 27 heavy (non-hydrogen) atoms. The number of hydrogen-bond acceptors (Lipinski definition) is 5. The number of rotatable bonds is 10. The number of nitrogens with one attached hydrogen (secondary N) is 3. The minimum absolute atomic E-state index is 0.120. The summed E-state index contributed by atoms with van der Waals surface area (Å²) in [5.41, 5.74) is 1.97. The van der Waals surface area contributed by atoms with Crippen molar-refractivity contribution in [2.24, 2.45) is 0 Å². The summed E-state index contributed by atoms with van der Waals surface area (Å²) < 4.78 is 10.1. The first-order valence-corrected chi connectivity index (χ1v) is 8.67. The largest absolute Gasteiger partial charge is 0.497 e. The number of methoxy groups -OCH3 is 2. The summed E-state index contributed by atoms with van der Waals surface area (Å²) in [7, 11) is 3.22. The van der Waals surface area contributed by atoms with Gasteiger partial charge in [0.1, 0.15) is 5.75 Å². The molecule has 0 aliphatic heterocycles. The molecular formula is C20H25N3O4. The zero-order valence-electron chi connectivity index (χ0n) is 15.6. The molecule has 0 bridgehead atoms. The first kappa shape index (κ1) is 20.3. The van der Waals surface area contributed by atoms with Gasteiger partial charge < -0.3 is 25.4 Å². The summed E-state index contributed by atoms with van der Waals surface area (Å²) in [6, 6.07) is 14.1. The summed E-state index contributed by atoms with van der Waals surface area (Å²) >= 11 is 0. The molecular weight excluding hydrogens is 346 g/mol. The van der Waals surface area contributed by atoms with Crippen LogP contribution >= 0.6 is 0 Å². The average molecular weight is 371 g/mol. The van der Waals surface area contributed by atoms with Crippen LogP contribution in [0.4, 0.5) is 11.4 Å². The second kappa shape index (κ2) is 10.8. The molecule has 2 rings (SSSR count). The van der Waals surface area contributed by atoms with E-state index in [9.17, 15) is 9.59 Å². The maximum Gasteiger partial charge on any atom is 0.251 e. The second-order valence-electron chi connectivity index (χ2n) is 5.81. The number of amides is 2. The molecule has 2 aromatic carbocycles. The Balaban J connectivity index is 1.79. The summed E-state index contributed by atoms with van der Waals surface area (Å²) in [6.07, 6.45) is 0.761. The van der Waals surface area contributed by atoms with Crippen molar-refractivity contribution in [1.29, 1.82) is 0 Å². The van der Waals surface area contributed by atoms with E-state index in [2.05, 4.69) is 16.0 Å². The molecule has 0 fully saturated rings. The van der Waals surface area contributed by atoms with Gasteiger partial charge >= 0.3 is 0 Å². The third kappa shape index (κ3) is 6.99. The Morgan fingerprint density at radius 1 is 1.00 bits per heavy atom. The SMILES string of the molecule is COCCCNC(=O)c1ccc(NC(=O)CNc2cccc(OC)c2)cc1. The molecule has 0 radical (unpaired) electrons. The smallest absolute Gasteiger partial charge is 0.251 e. The van der Waals surface area contributed by atoms with Crippen LogP contribution in [0.5, 0.6) is 5.75 Å². The van der Waals surface area contributed by atoms with Gasteiger partial charge in [0.25, 0.3) is 5.91 Å². The predicted octanol–water partition coefficient (Wildman–Crippen LogP) is 2.51. The molecule has 7 heteroatoms. The molecule has 3 N–H and O–H groups in total. The van der Waals surface area contributed by atoms with Crippen molar-refractivity contribution in [1.82, 2.24) is 5.32 Å². The van der Waals surface area contributed by atoms with Gasteiger partial charge in [0.05, 0.1) is 13.7 Å². The van der Waals surface area contributed by atoms with Gasteiger partial charge in [-0.3, -0.25) is 9.59 Å². The highest BCUT2D eigenvalue weighted by atomic mass is 16.5. The van der Waals surface area contributed by atoms with E-state index in [1.807, 2.05) is 24.3 Å². The van der Waals surface area contributed by atoms with E-state index in [0.717, 1.165) is 17.9 Å². The van der Waals surface area contributed by atoms with Crippen LogP contribution in [-0.2, 0) is 9.53 Å². The van der Waals surface area contributed by atoms with E-state index in [1.165, 1.54) is 0 Å². The number of benzene rings is 2. The standard InChI is InChI=1S/C20H25N3O4/c1-26-12-4-11-21-20(25)15-7-9-16(10-8-15)23-19(24)14-22-17-5-3-6-18(13-17)27-2/h3,5-10,13,22H,4,11-12,14H2,1-2H3,(H,21,25)(H,23,24). The van der Waals surface area contributed by atoms with E-state index in [-0.39, 0.29) is 18.4 Å². The van der Waals surface area contributed by atoms with Gasteiger partial charge in [0.2, 0.25) is 5.91 Å². The maximum absolute atomic E-state index is 12.1. The zero-order chi connectivity index (χ0) is 19.5. The predicted molar refractivity (Wildman–Crippen MR) is 105 cm³/mol. The van der Waals surface area contributed by atoms with Crippen molar-refractivity contribution in [3.8, 4) is 5.75 Å². The van der Waals surface area contributed by atoms with Crippen molar-refractivity contribution in [3.05, 3.63) is 54.1 Å². The molecule has 7 nitrogen and oxygen atoms in total. The minimum atomic E-state index is -0.186. The lowest BCUT2D eigenvalue weighted by atomic mass is 10.2. The Kier molecular flexibility index (Phi) is 8.12. The van der Waals surface area contributed by atoms with Crippen LogP contribution in [0.25, 0.3) is 0 Å². The lowest BCUT2D eigenvalue weighted by molar-refractivity contribution is -0.114. The molecule has 0 atom stereocenters. The third-order valence-corrected chi connectivity index (χ3v) is 3.76. The quantitative estimate of drug-likeness (QED) is 0.559. The van der Waals surface area contributed by atoms with E-state index >= 15 is 0 Å². The first-order chi connectivity index (χ1) is 13.1. The van der Waals surface area contributed by atoms with Crippen molar-refractivity contribution in [2.75, 3.05) is 44.5 Å². The van der Waals surface area contributed by atoms with Gasteiger partial charge in [-0.1, -0.05) is 6.07 Å². The Labute approximate surface area is 159 Å². The minimum Gasteiger partial charge on any atom is -0.497 e. The van der Waals surface area contributed by atoms with Gasteiger partial charge in [-0.25, -0.2) is 0 Å². The average Bonchev–Trinajstić information content (AvgIpc) is 2.70. The molecule has 2 amide bonds. The molecule has 0 aliphatic carbocycles. The molecule has 2 aromatic rings. The fourth-order valence-electron chi connectivity index (χ4n) is 2.35. The highest BCUT2D eigenvalue weighted by Gasteiger charge is 2.06. The number of anilines is 2. The third-order valence-electron chi connectivity index (χ3n) is 3.76. The lowest BCUT2D eigenvalue weighted by Crippen LogP contribution is -2.25. The first-order valence-electron chi connectivity index (χ1n) is 8.67. The highest BCUT2D eigenvalue weighted by Crippen LogP contribution is 2.16. The summed E-state index contributed by atoms with van der Waals surface area (Å²) in [6.45, 7) is 1.28. The number of carbonyl (C=O) groups excluding carboxylic acids is 2. The number of hydrogen-bond donors (Lipinski definition) is 3. The fourth-order valence-corrected chi connectivity index (χ4v) is 2.35. The Morgan fingerprint density at radius 2 is 1.78 bits per heavy atom. The lowest BCUT2D eigenvalue weighted by Gasteiger charge is -2.10. The molecule has 0 saturated heterocycles. The fraction of sp³-hybridized carbons (Fsp3) is 0.300. The molecule has 0 saturated carbocycles. The van der Waals surface area contributed by atoms with Crippen LogP contribution < -0.4 is 20.7 Å². The van der Waals surface area contributed by atoms with Crippen LogP contribution in [0.2, 0.25) is 0 Å². The van der Waals surface area contributed by atoms with E-state index < -0.39 is 0 Å². The summed E-state index contributed by atoms with van der Waals surface area (Å²) in [5.74, 6) is 0.384. The second-order valence-corrected chi connectivity index (χ2v) is 5.81. The van der Waals surface area contributed by atoms with Crippen molar-refractivity contribution in [2.45, 2.75) is 6.42 Å². The van der Waals surface area contributed by atoms with Gasteiger partial charge in [-0.05, 0) is 42.8 Å². The van der Waals surface area contributed by atoms with Crippen LogP contribution in [0.15, 0.2) is 48.5 Å². The van der Waals surface area contributed by atoms with Crippen LogP contribution in [0, 0.1) is 0 Å². The molecule has 0 aliphatic rings. The van der Waals surface area contributed by atoms with Gasteiger partial charge in [0.15, 0.2) is 0 Å². The molecule has 144 valence electrons. The Morgan fingerprint density at radius 3 is 2.48 bits per heavy atom. The van der Waals surface area contributed by atoms with E-state index in [4.69, 9.17) is 9.47 Å². The van der Waals surface area contributed by atoms with Gasteiger partial charge in [-0.2, -0.15) is 0 Å². The molecule has 0 unspecified atom stereocenters. The molecule has 0 heterocycles. The monoisotopic (exact) mass is 371 g/mol. The summed E-state index contributed by atoms with van der Waals surface area (Å²) in [5, 5.41) is 8.64. The maximum atomic E-state index is 12.1. The Bertz CT molecular complexity index is 747. The van der Waals surface area contributed by atoms with Crippen LogP contribution in [-0.4, -0.2) is 45.7 Å². The van der Waals surface area contributed by atoms with Crippen molar-refractivity contribution < 1.29 is 19.1 Å². The summed E-state index contributed by atoms with van der Waals surface area (Å²) in [4.78, 5) is 24.1. The van der Waals surface area contributed by atoms with Crippen LogP contribution in [0.1, 0.15) is 16.8 Å². The Hall–Kier alpha value is -3.06. The van der Waals surface area contributed by atoms with Gasteiger partial charge in [0, 0.05) is 43.3 Å². The van der Waals surface area contributed by atoms with E-state index in [0.29, 0.717) is 24.4 Å². The molecule has 0 aromatic heterocycles. The zero-order valence-corrected chi connectivity index (χ0v) is 15.6. The number of carbonyl (C=O) groups is 2. The van der Waals surface area contributed by atoms with E-state index in [1.54, 1.807) is 38.5 Å². The topological polar surface area (TPSA) is 88.7 Å². The van der Waals surface area contributed by atoms with Crippen molar-refractivity contribution >= 4 is 23.2 Å². The normalized spacial score (nSPS) is 10.1. The highest BCUT2D eigenvalue weighted by molar-refractivity contribution is 5.96.